The number of halogens is 1. The number of hydrogen-bond acceptors (Lipinski definition) is 4. The second-order valence-corrected chi connectivity index (χ2v) is 5.79. The molecule has 2 rings (SSSR count). The maximum atomic E-state index is 12.8. The zero-order valence-corrected chi connectivity index (χ0v) is 12.0. The summed E-state index contributed by atoms with van der Waals surface area (Å²) >= 11 is 6.07. The highest BCUT2D eigenvalue weighted by molar-refractivity contribution is 8.26. The fourth-order valence-corrected chi connectivity index (χ4v) is 3.05. The van der Waals surface area contributed by atoms with Gasteiger partial charge in [-0.2, -0.15) is 0 Å². The highest BCUT2D eigenvalue weighted by Gasteiger charge is 2.38. The van der Waals surface area contributed by atoms with Crippen molar-refractivity contribution in [3.05, 3.63) is 40.6 Å². The van der Waals surface area contributed by atoms with Crippen LogP contribution in [0.1, 0.15) is 12.5 Å². The maximum absolute atomic E-state index is 12.8. The normalized spacial score (nSPS) is 18.7. The van der Waals surface area contributed by atoms with Crippen LogP contribution in [0.5, 0.6) is 0 Å². The van der Waals surface area contributed by atoms with Crippen LogP contribution in [-0.4, -0.2) is 32.2 Å². The molecule has 0 spiro atoms. The van der Waals surface area contributed by atoms with Gasteiger partial charge in [-0.3, -0.25) is 9.69 Å². The van der Waals surface area contributed by atoms with Crippen molar-refractivity contribution in [2.45, 2.75) is 13.0 Å². The molecule has 0 unspecified atom stereocenters. The lowest BCUT2D eigenvalue weighted by molar-refractivity contribution is -0.144. The van der Waals surface area contributed by atoms with E-state index in [9.17, 15) is 14.0 Å². The summed E-state index contributed by atoms with van der Waals surface area (Å²) in [5.74, 6) is -1.93. The molecule has 0 aliphatic carbocycles. The first-order valence-electron chi connectivity index (χ1n) is 5.65. The molecular formula is C13H10FNO3S2. The topological polar surface area (TPSA) is 57.6 Å². The summed E-state index contributed by atoms with van der Waals surface area (Å²) in [7, 11) is 0. The number of carboxylic acids is 1. The van der Waals surface area contributed by atoms with E-state index < -0.39 is 17.9 Å². The van der Waals surface area contributed by atoms with Gasteiger partial charge in [0, 0.05) is 0 Å². The second-order valence-electron chi connectivity index (χ2n) is 4.12. The predicted octanol–water partition coefficient (Wildman–Crippen LogP) is 2.50. The Hall–Kier alpha value is -1.73. The fraction of sp³-hybridized carbons (Fsp3) is 0.154. The van der Waals surface area contributed by atoms with E-state index >= 15 is 0 Å². The predicted molar refractivity (Wildman–Crippen MR) is 78.5 cm³/mol. The molecule has 1 saturated heterocycles. The lowest BCUT2D eigenvalue weighted by Gasteiger charge is -2.18. The molecule has 1 atom stereocenters. The first-order chi connectivity index (χ1) is 9.40. The van der Waals surface area contributed by atoms with Crippen molar-refractivity contribution in [3.8, 4) is 0 Å². The first kappa shape index (κ1) is 14.7. The van der Waals surface area contributed by atoms with Crippen LogP contribution >= 0.6 is 24.0 Å². The Balaban J connectivity index is 2.28. The van der Waals surface area contributed by atoms with Crippen LogP contribution in [0, 0.1) is 5.82 Å². The van der Waals surface area contributed by atoms with Crippen molar-refractivity contribution in [3.63, 3.8) is 0 Å². The molecule has 1 aromatic carbocycles. The summed E-state index contributed by atoms with van der Waals surface area (Å²) in [6, 6.07) is 4.62. The average molecular weight is 311 g/mol. The van der Waals surface area contributed by atoms with Gasteiger partial charge in [0.15, 0.2) is 0 Å². The van der Waals surface area contributed by atoms with Gasteiger partial charge in [-0.1, -0.05) is 36.1 Å². The van der Waals surface area contributed by atoms with Gasteiger partial charge in [0.1, 0.15) is 16.2 Å². The number of benzene rings is 1. The van der Waals surface area contributed by atoms with Gasteiger partial charge in [-0.25, -0.2) is 9.18 Å². The Kier molecular flexibility index (Phi) is 4.20. The summed E-state index contributed by atoms with van der Waals surface area (Å²) in [5.41, 5.74) is 0.648. The van der Waals surface area contributed by atoms with E-state index in [0.717, 1.165) is 16.7 Å². The lowest BCUT2D eigenvalue weighted by atomic mass is 10.2. The van der Waals surface area contributed by atoms with E-state index in [1.165, 1.54) is 31.2 Å². The van der Waals surface area contributed by atoms with Crippen molar-refractivity contribution in [1.29, 1.82) is 0 Å². The number of amides is 1. The van der Waals surface area contributed by atoms with Crippen molar-refractivity contribution in [2.24, 2.45) is 0 Å². The van der Waals surface area contributed by atoms with Crippen LogP contribution in [0.3, 0.4) is 0 Å². The smallest absolute Gasteiger partial charge is 0.326 e. The minimum absolute atomic E-state index is 0.207. The Morgan fingerprint density at radius 1 is 1.45 bits per heavy atom. The second kappa shape index (κ2) is 5.72. The number of carbonyl (C=O) groups is 2. The summed E-state index contributed by atoms with van der Waals surface area (Å²) in [4.78, 5) is 24.5. The molecule has 4 nitrogen and oxygen atoms in total. The number of nitrogens with zero attached hydrogens (tertiary/aromatic N) is 1. The van der Waals surface area contributed by atoms with Gasteiger partial charge in [0.25, 0.3) is 5.91 Å². The van der Waals surface area contributed by atoms with E-state index in [-0.39, 0.29) is 10.1 Å². The Labute approximate surface area is 124 Å². The number of thiocarbonyl (C=S) groups is 1. The number of rotatable bonds is 3. The molecule has 0 radical (unpaired) electrons. The molecule has 0 bridgehead atoms. The molecule has 104 valence electrons. The molecular weight excluding hydrogens is 301 g/mol. The van der Waals surface area contributed by atoms with Crippen molar-refractivity contribution >= 4 is 46.3 Å². The van der Waals surface area contributed by atoms with Gasteiger partial charge in [-0.15, -0.1) is 0 Å². The Morgan fingerprint density at radius 2 is 2.05 bits per heavy atom. The van der Waals surface area contributed by atoms with Gasteiger partial charge >= 0.3 is 5.97 Å². The molecule has 1 heterocycles. The highest BCUT2D eigenvalue weighted by atomic mass is 32.2. The van der Waals surface area contributed by atoms with Crippen molar-refractivity contribution in [1.82, 2.24) is 4.90 Å². The number of thioether (sulfide) groups is 1. The van der Waals surface area contributed by atoms with Gasteiger partial charge in [0.05, 0.1) is 4.91 Å². The SMILES string of the molecule is C[C@H](C(=O)O)N1C(=O)C(=Cc2ccc(F)cc2)SC1=S. The lowest BCUT2D eigenvalue weighted by Crippen LogP contribution is -2.41. The van der Waals surface area contributed by atoms with Crippen LogP contribution in [0.4, 0.5) is 4.39 Å². The molecule has 0 aromatic heterocycles. The molecule has 20 heavy (non-hydrogen) atoms. The quantitative estimate of drug-likeness (QED) is 0.686. The van der Waals surface area contributed by atoms with E-state index in [0.29, 0.717) is 10.5 Å². The maximum Gasteiger partial charge on any atom is 0.326 e. The summed E-state index contributed by atoms with van der Waals surface area (Å²) in [5, 5.41) is 8.96. The summed E-state index contributed by atoms with van der Waals surface area (Å²) in [6.07, 6.45) is 1.56. The molecule has 1 N–H and O–H groups in total. The third-order valence-corrected chi connectivity index (χ3v) is 4.07. The van der Waals surface area contributed by atoms with E-state index in [1.807, 2.05) is 0 Å². The van der Waals surface area contributed by atoms with Crippen LogP contribution in [0.25, 0.3) is 6.08 Å². The third-order valence-electron chi connectivity index (χ3n) is 2.74. The van der Waals surface area contributed by atoms with Gasteiger partial charge in [-0.05, 0) is 30.7 Å². The molecule has 0 saturated carbocycles. The largest absolute Gasteiger partial charge is 0.480 e. The van der Waals surface area contributed by atoms with E-state index in [4.69, 9.17) is 17.3 Å². The molecule has 1 fully saturated rings. The Bertz CT molecular complexity index is 613. The molecule has 7 heteroatoms. The Morgan fingerprint density at radius 3 is 2.60 bits per heavy atom. The molecule has 1 aliphatic rings. The number of carbonyl (C=O) groups excluding carboxylic acids is 1. The monoisotopic (exact) mass is 311 g/mol. The van der Waals surface area contributed by atoms with Gasteiger partial charge in [0.2, 0.25) is 0 Å². The number of carboxylic acid groups (broad SMARTS) is 1. The zero-order valence-electron chi connectivity index (χ0n) is 10.4. The first-order valence-corrected chi connectivity index (χ1v) is 6.88. The summed E-state index contributed by atoms with van der Waals surface area (Å²) < 4.78 is 13.0. The van der Waals surface area contributed by atoms with Crippen LogP contribution in [-0.2, 0) is 9.59 Å². The summed E-state index contributed by atoms with van der Waals surface area (Å²) in [6.45, 7) is 1.40. The average Bonchev–Trinajstić information content (AvgIpc) is 2.66. The van der Waals surface area contributed by atoms with Crippen molar-refractivity contribution < 1.29 is 19.1 Å². The highest BCUT2D eigenvalue weighted by Crippen LogP contribution is 2.33. The molecule has 1 aliphatic heterocycles. The van der Waals surface area contributed by atoms with Crippen LogP contribution in [0.2, 0.25) is 0 Å². The van der Waals surface area contributed by atoms with Gasteiger partial charge < -0.3 is 5.11 Å². The van der Waals surface area contributed by atoms with E-state index in [2.05, 4.69) is 0 Å². The zero-order chi connectivity index (χ0) is 14.9. The number of hydrogen-bond donors (Lipinski definition) is 1. The standard InChI is InChI=1S/C13H10FNO3S2/c1-7(12(17)18)15-11(16)10(20-13(15)19)6-8-2-4-9(14)5-3-8/h2-7H,1H3,(H,17,18)/t7-/m1/s1. The molecule has 1 amide bonds. The fourth-order valence-electron chi connectivity index (χ4n) is 1.63. The molecule has 1 aromatic rings. The number of aliphatic carboxylic acids is 1. The van der Waals surface area contributed by atoms with Crippen molar-refractivity contribution in [2.75, 3.05) is 0 Å². The van der Waals surface area contributed by atoms with Crippen LogP contribution in [0.15, 0.2) is 29.2 Å². The third kappa shape index (κ3) is 2.88. The minimum Gasteiger partial charge on any atom is -0.480 e. The van der Waals surface area contributed by atoms with Crippen LogP contribution < -0.4 is 0 Å². The van der Waals surface area contributed by atoms with E-state index in [1.54, 1.807) is 6.08 Å². The minimum atomic E-state index is -1.12.